The van der Waals surface area contributed by atoms with Crippen LogP contribution in [0.15, 0.2) is 16.7 Å². The Morgan fingerprint density at radius 2 is 1.86 bits per heavy atom. The second-order valence-corrected chi connectivity index (χ2v) is 4.18. The summed E-state index contributed by atoms with van der Waals surface area (Å²) in [5.41, 5.74) is 0.658. The van der Waals surface area contributed by atoms with Gasteiger partial charge in [0.1, 0.15) is 0 Å². The summed E-state index contributed by atoms with van der Waals surface area (Å²) < 4.78 is 21.3. The summed E-state index contributed by atoms with van der Waals surface area (Å²) in [6.07, 6.45) is 0. The van der Waals surface area contributed by atoms with E-state index in [-0.39, 0.29) is 0 Å². The summed E-state index contributed by atoms with van der Waals surface area (Å²) in [4.78, 5) is 4.34. The number of benzene rings is 1. The molecular formula is C14H19N3O4. The first-order valence-corrected chi connectivity index (χ1v) is 6.57. The lowest BCUT2D eigenvalue weighted by molar-refractivity contribution is 0.324. The Morgan fingerprint density at radius 3 is 2.48 bits per heavy atom. The average molecular weight is 293 g/mol. The van der Waals surface area contributed by atoms with Gasteiger partial charge in [-0.15, -0.1) is 0 Å². The van der Waals surface area contributed by atoms with Crippen LogP contribution in [0.1, 0.15) is 12.7 Å². The van der Waals surface area contributed by atoms with Gasteiger partial charge in [-0.1, -0.05) is 12.1 Å². The molecule has 0 bridgehead atoms. The number of rotatable bonds is 7. The molecule has 0 unspecified atom stereocenters. The maximum absolute atomic E-state index is 5.41. The second kappa shape index (κ2) is 6.94. The lowest BCUT2D eigenvalue weighted by atomic mass is 10.1. The number of methoxy groups -OCH3 is 3. The molecule has 114 valence electrons. The lowest BCUT2D eigenvalue weighted by Crippen LogP contribution is -2.12. The molecule has 0 saturated carbocycles. The van der Waals surface area contributed by atoms with E-state index in [1.54, 1.807) is 33.5 Å². The summed E-state index contributed by atoms with van der Waals surface area (Å²) in [5.74, 6) is 2.52. The van der Waals surface area contributed by atoms with Crippen LogP contribution >= 0.6 is 0 Å². The molecular weight excluding hydrogens is 274 g/mol. The molecule has 0 saturated heterocycles. The highest BCUT2D eigenvalue weighted by Gasteiger charge is 2.20. The highest BCUT2D eigenvalue weighted by Crippen LogP contribution is 2.43. The van der Waals surface area contributed by atoms with Crippen LogP contribution in [-0.4, -0.2) is 38.0 Å². The SMILES string of the molecule is CCNCc1noc(-c2ccc(OC)c(OC)c2OC)n1. The molecule has 1 N–H and O–H groups in total. The molecule has 0 radical (unpaired) electrons. The third-order valence-electron chi connectivity index (χ3n) is 2.94. The highest BCUT2D eigenvalue weighted by atomic mass is 16.5. The van der Waals surface area contributed by atoms with E-state index >= 15 is 0 Å². The van der Waals surface area contributed by atoms with Crippen molar-refractivity contribution in [3.8, 4) is 28.7 Å². The Bertz CT molecular complexity index is 598. The predicted molar refractivity (Wildman–Crippen MR) is 76.8 cm³/mol. The van der Waals surface area contributed by atoms with E-state index in [2.05, 4.69) is 15.5 Å². The van der Waals surface area contributed by atoms with Gasteiger partial charge in [0.25, 0.3) is 5.89 Å². The highest BCUT2D eigenvalue weighted by molar-refractivity contribution is 5.71. The van der Waals surface area contributed by atoms with Crippen molar-refractivity contribution in [3.05, 3.63) is 18.0 Å². The van der Waals surface area contributed by atoms with Crippen LogP contribution in [0.3, 0.4) is 0 Å². The molecule has 1 aromatic carbocycles. The molecule has 7 nitrogen and oxygen atoms in total. The Balaban J connectivity index is 2.41. The van der Waals surface area contributed by atoms with Gasteiger partial charge in [0.2, 0.25) is 5.75 Å². The van der Waals surface area contributed by atoms with Crippen LogP contribution in [-0.2, 0) is 6.54 Å². The minimum atomic E-state index is 0.376. The van der Waals surface area contributed by atoms with E-state index in [1.165, 1.54) is 0 Å². The molecule has 7 heteroatoms. The van der Waals surface area contributed by atoms with Gasteiger partial charge in [-0.05, 0) is 18.7 Å². The normalized spacial score (nSPS) is 10.5. The van der Waals surface area contributed by atoms with Crippen molar-refractivity contribution in [2.45, 2.75) is 13.5 Å². The van der Waals surface area contributed by atoms with Crippen molar-refractivity contribution in [2.24, 2.45) is 0 Å². The smallest absolute Gasteiger partial charge is 0.261 e. The first-order chi connectivity index (χ1) is 10.2. The Kier molecular flexibility index (Phi) is 4.99. The molecule has 2 aromatic rings. The van der Waals surface area contributed by atoms with E-state index < -0.39 is 0 Å². The molecule has 0 aliphatic carbocycles. The van der Waals surface area contributed by atoms with E-state index in [0.29, 0.717) is 41.1 Å². The quantitative estimate of drug-likeness (QED) is 0.834. The summed E-state index contributed by atoms with van der Waals surface area (Å²) in [7, 11) is 4.67. The van der Waals surface area contributed by atoms with Gasteiger partial charge in [-0.25, -0.2) is 0 Å². The minimum Gasteiger partial charge on any atom is -0.493 e. The molecule has 0 aliphatic rings. The lowest BCUT2D eigenvalue weighted by Gasteiger charge is -2.13. The predicted octanol–water partition coefficient (Wildman–Crippen LogP) is 1.87. The number of ether oxygens (including phenoxy) is 3. The van der Waals surface area contributed by atoms with Gasteiger partial charge >= 0.3 is 0 Å². The van der Waals surface area contributed by atoms with Gasteiger partial charge < -0.3 is 24.1 Å². The fourth-order valence-electron chi connectivity index (χ4n) is 1.94. The number of aromatic nitrogens is 2. The van der Waals surface area contributed by atoms with Gasteiger partial charge in [-0.2, -0.15) is 4.98 Å². The standard InChI is InChI=1S/C14H19N3O4/c1-5-15-8-11-16-14(21-17-11)9-6-7-10(18-2)13(20-4)12(9)19-3/h6-7,15H,5,8H2,1-4H3. The van der Waals surface area contributed by atoms with Gasteiger partial charge in [-0.3, -0.25) is 0 Å². The van der Waals surface area contributed by atoms with Crippen LogP contribution in [0.25, 0.3) is 11.5 Å². The first-order valence-electron chi connectivity index (χ1n) is 6.57. The molecule has 0 spiro atoms. The van der Waals surface area contributed by atoms with Crippen LogP contribution in [0.2, 0.25) is 0 Å². The minimum absolute atomic E-state index is 0.376. The van der Waals surface area contributed by atoms with E-state index in [1.807, 2.05) is 6.92 Å². The van der Waals surface area contributed by atoms with E-state index in [0.717, 1.165) is 6.54 Å². The second-order valence-electron chi connectivity index (χ2n) is 4.18. The Morgan fingerprint density at radius 1 is 1.10 bits per heavy atom. The van der Waals surface area contributed by atoms with Crippen molar-refractivity contribution in [1.29, 1.82) is 0 Å². The monoisotopic (exact) mass is 293 g/mol. The number of hydrogen-bond donors (Lipinski definition) is 1. The molecule has 21 heavy (non-hydrogen) atoms. The summed E-state index contributed by atoms with van der Waals surface area (Å²) in [5, 5.41) is 7.07. The molecule has 0 fully saturated rings. The number of nitrogens with zero attached hydrogens (tertiary/aromatic N) is 2. The van der Waals surface area contributed by atoms with E-state index in [4.69, 9.17) is 18.7 Å². The van der Waals surface area contributed by atoms with Crippen LogP contribution in [0.5, 0.6) is 17.2 Å². The molecule has 1 heterocycles. The Hall–Kier alpha value is -2.28. The fourth-order valence-corrected chi connectivity index (χ4v) is 1.94. The van der Waals surface area contributed by atoms with Gasteiger partial charge in [0, 0.05) is 0 Å². The van der Waals surface area contributed by atoms with Crippen LogP contribution in [0.4, 0.5) is 0 Å². The maximum Gasteiger partial charge on any atom is 0.261 e. The topological polar surface area (TPSA) is 78.6 Å². The third kappa shape index (κ3) is 3.08. The fraction of sp³-hybridized carbons (Fsp3) is 0.429. The van der Waals surface area contributed by atoms with Gasteiger partial charge in [0.15, 0.2) is 17.3 Å². The molecule has 0 atom stereocenters. The summed E-state index contributed by atoms with van der Waals surface area (Å²) >= 11 is 0. The van der Waals surface area contributed by atoms with E-state index in [9.17, 15) is 0 Å². The zero-order valence-electron chi connectivity index (χ0n) is 12.6. The zero-order chi connectivity index (χ0) is 15.2. The van der Waals surface area contributed by atoms with Crippen molar-refractivity contribution < 1.29 is 18.7 Å². The third-order valence-corrected chi connectivity index (χ3v) is 2.94. The summed E-state index contributed by atoms with van der Waals surface area (Å²) in [6, 6.07) is 3.57. The van der Waals surface area contributed by atoms with Crippen molar-refractivity contribution in [1.82, 2.24) is 15.5 Å². The van der Waals surface area contributed by atoms with Crippen molar-refractivity contribution in [3.63, 3.8) is 0 Å². The van der Waals surface area contributed by atoms with Crippen molar-refractivity contribution in [2.75, 3.05) is 27.9 Å². The molecule has 2 rings (SSSR count). The Labute approximate surface area is 123 Å². The van der Waals surface area contributed by atoms with Crippen molar-refractivity contribution >= 4 is 0 Å². The molecule has 0 amide bonds. The number of nitrogens with one attached hydrogen (secondary N) is 1. The number of hydrogen-bond acceptors (Lipinski definition) is 7. The molecule has 1 aromatic heterocycles. The van der Waals surface area contributed by atoms with Crippen LogP contribution < -0.4 is 19.5 Å². The average Bonchev–Trinajstić information content (AvgIpc) is 2.99. The largest absolute Gasteiger partial charge is 0.493 e. The maximum atomic E-state index is 5.41. The zero-order valence-corrected chi connectivity index (χ0v) is 12.6. The van der Waals surface area contributed by atoms with Gasteiger partial charge in [0.05, 0.1) is 33.4 Å². The molecule has 0 aliphatic heterocycles. The summed E-state index contributed by atoms with van der Waals surface area (Å²) in [6.45, 7) is 3.40. The first kappa shape index (κ1) is 15.1. The van der Waals surface area contributed by atoms with Crippen LogP contribution in [0, 0.1) is 0 Å².